The van der Waals surface area contributed by atoms with Crippen molar-refractivity contribution in [3.8, 4) is 17.2 Å². The van der Waals surface area contributed by atoms with Crippen molar-refractivity contribution in [2.75, 3.05) is 26.6 Å². The van der Waals surface area contributed by atoms with Gasteiger partial charge in [-0.3, -0.25) is 9.59 Å². The zero-order valence-corrected chi connectivity index (χ0v) is 19.3. The highest BCUT2D eigenvalue weighted by atomic mass is 16.5. The average molecular weight is 449 g/mol. The number of carbonyl (C=O) groups excluding carboxylic acids is 2. The minimum Gasteiger partial charge on any atom is -0.497 e. The van der Waals surface area contributed by atoms with Crippen molar-refractivity contribution in [1.29, 1.82) is 0 Å². The number of benzene rings is 2. The third-order valence-electron chi connectivity index (χ3n) is 6.13. The fraction of sp³-hybridized carbons (Fsp3) is 0.308. The predicted octanol–water partition coefficient (Wildman–Crippen LogP) is 4.32. The van der Waals surface area contributed by atoms with Gasteiger partial charge in [-0.2, -0.15) is 0 Å². The molecule has 0 radical (unpaired) electrons. The van der Waals surface area contributed by atoms with Gasteiger partial charge in [-0.05, 0) is 38.0 Å². The van der Waals surface area contributed by atoms with Crippen LogP contribution in [0.3, 0.4) is 0 Å². The molecular formula is C26H28N2O5. The first-order valence-electron chi connectivity index (χ1n) is 10.9. The van der Waals surface area contributed by atoms with Gasteiger partial charge < -0.3 is 24.8 Å². The van der Waals surface area contributed by atoms with Gasteiger partial charge in [-0.1, -0.05) is 18.2 Å². The standard InChI is InChI=1S/C26H28N2O5/c1-15-23(26(30)28-18-8-5-6-11-21(18)32-3)24(25-19(27-15)9-7-10-20(25)29)17-13-12-16(31-2)14-22(17)33-4/h5-6,8,11-14,24,27H,7,9-10H2,1-4H3,(H,28,30)/t24-/m1/s1. The Bertz CT molecular complexity index is 1170. The Morgan fingerprint density at radius 1 is 1.00 bits per heavy atom. The Kier molecular flexibility index (Phi) is 6.40. The van der Waals surface area contributed by atoms with Crippen LogP contribution in [0.25, 0.3) is 0 Å². The summed E-state index contributed by atoms with van der Waals surface area (Å²) in [5.41, 5.74) is 3.98. The first kappa shape index (κ1) is 22.5. The van der Waals surface area contributed by atoms with Crippen molar-refractivity contribution >= 4 is 17.4 Å². The number of ether oxygens (including phenoxy) is 3. The molecule has 7 heteroatoms. The quantitative estimate of drug-likeness (QED) is 0.685. The van der Waals surface area contributed by atoms with Crippen molar-refractivity contribution in [2.24, 2.45) is 0 Å². The molecule has 0 unspecified atom stereocenters. The van der Waals surface area contributed by atoms with Crippen LogP contribution in [0.4, 0.5) is 5.69 Å². The maximum Gasteiger partial charge on any atom is 0.254 e. The highest BCUT2D eigenvalue weighted by Gasteiger charge is 2.40. The summed E-state index contributed by atoms with van der Waals surface area (Å²) in [5, 5.41) is 6.31. The number of dihydropyridines is 1. The summed E-state index contributed by atoms with van der Waals surface area (Å²) in [5.74, 6) is 0.917. The van der Waals surface area contributed by atoms with E-state index in [1.807, 2.05) is 31.2 Å². The van der Waals surface area contributed by atoms with Crippen molar-refractivity contribution in [1.82, 2.24) is 5.32 Å². The highest BCUT2D eigenvalue weighted by molar-refractivity contribution is 6.10. The number of carbonyl (C=O) groups is 2. The molecular weight excluding hydrogens is 420 g/mol. The molecule has 0 aromatic heterocycles. The molecule has 4 rings (SSSR count). The lowest BCUT2D eigenvalue weighted by Crippen LogP contribution is -2.35. The number of Topliss-reactive ketones (excluding diaryl/α,β-unsaturated/α-hetero) is 1. The number of amides is 1. The number of methoxy groups -OCH3 is 3. The molecule has 2 aliphatic rings. The van der Waals surface area contributed by atoms with Crippen LogP contribution in [0.2, 0.25) is 0 Å². The summed E-state index contributed by atoms with van der Waals surface area (Å²) in [6.07, 6.45) is 2.00. The Hall–Kier alpha value is -3.74. The summed E-state index contributed by atoms with van der Waals surface area (Å²) >= 11 is 0. The van der Waals surface area contributed by atoms with E-state index in [-0.39, 0.29) is 11.7 Å². The van der Waals surface area contributed by atoms with Crippen LogP contribution in [0.1, 0.15) is 37.7 Å². The summed E-state index contributed by atoms with van der Waals surface area (Å²) in [4.78, 5) is 26.8. The second kappa shape index (κ2) is 9.40. The Balaban J connectivity index is 1.84. The number of hydrogen-bond acceptors (Lipinski definition) is 6. The Morgan fingerprint density at radius 3 is 2.48 bits per heavy atom. The van der Waals surface area contributed by atoms with Gasteiger partial charge in [0.15, 0.2) is 5.78 Å². The fourth-order valence-electron chi connectivity index (χ4n) is 4.59. The SMILES string of the molecule is COc1ccc([C@@H]2C(C(=O)Nc3ccccc3OC)=C(C)NC3=C2C(=O)CCC3)c(OC)c1. The van der Waals surface area contributed by atoms with E-state index >= 15 is 0 Å². The lowest BCUT2D eigenvalue weighted by atomic mass is 9.74. The van der Waals surface area contributed by atoms with Crippen LogP contribution >= 0.6 is 0 Å². The minimum atomic E-state index is -0.565. The molecule has 1 amide bonds. The average Bonchev–Trinajstić information content (AvgIpc) is 2.83. The van der Waals surface area contributed by atoms with Gasteiger partial charge in [0, 0.05) is 40.6 Å². The van der Waals surface area contributed by atoms with E-state index < -0.39 is 5.92 Å². The third-order valence-corrected chi connectivity index (χ3v) is 6.13. The van der Waals surface area contributed by atoms with E-state index in [4.69, 9.17) is 14.2 Å². The van der Waals surface area contributed by atoms with Crippen LogP contribution in [-0.2, 0) is 9.59 Å². The zero-order valence-electron chi connectivity index (χ0n) is 19.3. The van der Waals surface area contributed by atoms with Crippen molar-refractivity contribution in [3.63, 3.8) is 0 Å². The molecule has 1 heterocycles. The molecule has 1 aliphatic carbocycles. The largest absolute Gasteiger partial charge is 0.497 e. The molecule has 1 aliphatic heterocycles. The molecule has 0 saturated heterocycles. The number of anilines is 1. The second-order valence-corrected chi connectivity index (χ2v) is 8.03. The maximum atomic E-state index is 13.7. The van der Waals surface area contributed by atoms with Gasteiger partial charge in [0.25, 0.3) is 5.91 Å². The second-order valence-electron chi connectivity index (χ2n) is 8.03. The highest BCUT2D eigenvalue weighted by Crippen LogP contribution is 2.46. The minimum absolute atomic E-state index is 0.0433. The first-order valence-corrected chi connectivity index (χ1v) is 10.9. The van der Waals surface area contributed by atoms with Gasteiger partial charge in [0.1, 0.15) is 17.2 Å². The van der Waals surface area contributed by atoms with Crippen LogP contribution < -0.4 is 24.8 Å². The zero-order chi connectivity index (χ0) is 23.5. The molecule has 0 fully saturated rings. The van der Waals surface area contributed by atoms with Gasteiger partial charge in [-0.25, -0.2) is 0 Å². The van der Waals surface area contributed by atoms with Crippen LogP contribution in [0, 0.1) is 0 Å². The molecule has 0 spiro atoms. The number of rotatable bonds is 6. The Morgan fingerprint density at radius 2 is 1.76 bits per heavy atom. The number of ketones is 1. The van der Waals surface area contributed by atoms with E-state index in [0.717, 1.165) is 24.1 Å². The van der Waals surface area contributed by atoms with Gasteiger partial charge in [-0.15, -0.1) is 0 Å². The summed E-state index contributed by atoms with van der Waals surface area (Å²) in [7, 11) is 4.71. The van der Waals surface area contributed by atoms with E-state index in [9.17, 15) is 9.59 Å². The molecule has 172 valence electrons. The molecule has 1 atom stereocenters. The van der Waals surface area contributed by atoms with Gasteiger partial charge in [0.05, 0.1) is 32.9 Å². The smallest absolute Gasteiger partial charge is 0.254 e. The molecule has 2 aromatic rings. The number of para-hydroxylation sites is 2. The van der Waals surface area contributed by atoms with Crippen LogP contribution in [0.15, 0.2) is 65.0 Å². The van der Waals surface area contributed by atoms with E-state index in [0.29, 0.717) is 46.2 Å². The third kappa shape index (κ3) is 4.18. The molecule has 0 saturated carbocycles. The number of hydrogen-bond donors (Lipinski definition) is 2. The first-order chi connectivity index (χ1) is 16.0. The predicted molar refractivity (Wildman–Crippen MR) is 126 cm³/mol. The monoisotopic (exact) mass is 448 g/mol. The molecule has 33 heavy (non-hydrogen) atoms. The van der Waals surface area contributed by atoms with Crippen LogP contribution in [0.5, 0.6) is 17.2 Å². The number of nitrogens with one attached hydrogen (secondary N) is 2. The lowest BCUT2D eigenvalue weighted by molar-refractivity contribution is -0.116. The van der Waals surface area contributed by atoms with E-state index in [1.165, 1.54) is 0 Å². The summed E-state index contributed by atoms with van der Waals surface area (Å²) < 4.78 is 16.4. The maximum absolute atomic E-state index is 13.7. The molecule has 7 nitrogen and oxygen atoms in total. The molecule has 2 N–H and O–H groups in total. The fourth-order valence-corrected chi connectivity index (χ4v) is 4.59. The van der Waals surface area contributed by atoms with Crippen LogP contribution in [-0.4, -0.2) is 33.0 Å². The van der Waals surface area contributed by atoms with E-state index in [1.54, 1.807) is 39.5 Å². The van der Waals surface area contributed by atoms with Crippen molar-refractivity contribution < 1.29 is 23.8 Å². The topological polar surface area (TPSA) is 85.9 Å². The molecule has 2 aromatic carbocycles. The summed E-state index contributed by atoms with van der Waals surface area (Å²) in [6, 6.07) is 12.7. The van der Waals surface area contributed by atoms with E-state index in [2.05, 4.69) is 10.6 Å². The van der Waals surface area contributed by atoms with Gasteiger partial charge >= 0.3 is 0 Å². The lowest BCUT2D eigenvalue weighted by Gasteiger charge is -2.35. The molecule has 0 bridgehead atoms. The van der Waals surface area contributed by atoms with Crippen molar-refractivity contribution in [2.45, 2.75) is 32.1 Å². The van der Waals surface area contributed by atoms with Gasteiger partial charge in [0.2, 0.25) is 0 Å². The Labute approximate surface area is 193 Å². The number of allylic oxidation sites excluding steroid dienone is 3. The van der Waals surface area contributed by atoms with Crippen molar-refractivity contribution in [3.05, 3.63) is 70.6 Å². The summed E-state index contributed by atoms with van der Waals surface area (Å²) in [6.45, 7) is 1.86. The normalized spacial score (nSPS) is 17.8.